The molecule has 0 bridgehead atoms. The molecule has 4 nitrogen and oxygen atoms in total. The van der Waals surface area contributed by atoms with Crippen LogP contribution in [-0.4, -0.2) is 25.5 Å². The summed E-state index contributed by atoms with van der Waals surface area (Å²) in [4.78, 5) is 23.7. The summed E-state index contributed by atoms with van der Waals surface area (Å²) in [6.07, 6.45) is 0. The summed E-state index contributed by atoms with van der Waals surface area (Å²) in [5.74, 6) is -1.59. The third-order valence-electron chi connectivity index (χ3n) is 2.84. The van der Waals surface area contributed by atoms with Gasteiger partial charge in [-0.3, -0.25) is 4.79 Å². The number of hydrogen-bond donors (Lipinski definition) is 0. The molecule has 108 valence electrons. The molecule has 0 aliphatic heterocycles. The lowest BCUT2D eigenvalue weighted by Gasteiger charge is -2.08. The van der Waals surface area contributed by atoms with E-state index in [9.17, 15) is 14.0 Å². The highest BCUT2D eigenvalue weighted by Crippen LogP contribution is 2.18. The topological polar surface area (TPSA) is 52.6 Å². The molecule has 0 heterocycles. The van der Waals surface area contributed by atoms with Crippen molar-refractivity contribution >= 4 is 11.8 Å². The van der Waals surface area contributed by atoms with Gasteiger partial charge in [0.05, 0.1) is 18.2 Å². The molecule has 0 fully saturated rings. The van der Waals surface area contributed by atoms with E-state index in [0.29, 0.717) is 11.3 Å². The van der Waals surface area contributed by atoms with E-state index in [1.54, 1.807) is 24.3 Å². The van der Waals surface area contributed by atoms with Gasteiger partial charge in [-0.2, -0.15) is 0 Å². The molecule has 0 saturated carbocycles. The van der Waals surface area contributed by atoms with Gasteiger partial charge in [-0.15, -0.1) is 0 Å². The maximum atomic E-state index is 13.4. The zero-order valence-corrected chi connectivity index (χ0v) is 11.3. The number of ether oxygens (including phenoxy) is 2. The maximum absolute atomic E-state index is 13.4. The third kappa shape index (κ3) is 3.45. The van der Waals surface area contributed by atoms with Gasteiger partial charge in [0.2, 0.25) is 5.78 Å². The molecule has 0 atom stereocenters. The zero-order chi connectivity index (χ0) is 15.2. The molecule has 0 aromatic heterocycles. The van der Waals surface area contributed by atoms with Crippen LogP contribution >= 0.6 is 0 Å². The van der Waals surface area contributed by atoms with Crippen LogP contribution in [0.4, 0.5) is 4.39 Å². The minimum atomic E-state index is -0.878. The monoisotopic (exact) mass is 288 g/mol. The van der Waals surface area contributed by atoms with Gasteiger partial charge in [-0.25, -0.2) is 9.18 Å². The molecule has 0 N–H and O–H groups in total. The SMILES string of the molecule is COc1ccccc1C(=O)COC(=O)c1ccccc1F. The number of rotatable bonds is 5. The molecule has 2 aromatic carbocycles. The van der Waals surface area contributed by atoms with Crippen molar-refractivity contribution in [3.8, 4) is 5.75 Å². The Morgan fingerprint density at radius 1 is 1.00 bits per heavy atom. The first-order valence-electron chi connectivity index (χ1n) is 6.21. The number of carbonyl (C=O) groups is 2. The van der Waals surface area contributed by atoms with Gasteiger partial charge >= 0.3 is 5.97 Å². The molecule has 0 saturated heterocycles. The number of Topliss-reactive ketones (excluding diaryl/α,β-unsaturated/α-hetero) is 1. The van der Waals surface area contributed by atoms with Crippen molar-refractivity contribution < 1.29 is 23.5 Å². The number of ketones is 1. The molecule has 0 aliphatic rings. The van der Waals surface area contributed by atoms with E-state index in [4.69, 9.17) is 9.47 Å². The number of methoxy groups -OCH3 is 1. The zero-order valence-electron chi connectivity index (χ0n) is 11.3. The summed E-state index contributed by atoms with van der Waals surface area (Å²) >= 11 is 0. The van der Waals surface area contributed by atoms with E-state index in [0.717, 1.165) is 6.07 Å². The lowest BCUT2D eigenvalue weighted by atomic mass is 10.1. The largest absolute Gasteiger partial charge is 0.496 e. The van der Waals surface area contributed by atoms with Crippen LogP contribution in [0.25, 0.3) is 0 Å². The smallest absolute Gasteiger partial charge is 0.341 e. The second kappa shape index (κ2) is 6.65. The van der Waals surface area contributed by atoms with Crippen molar-refractivity contribution in [2.75, 3.05) is 13.7 Å². The van der Waals surface area contributed by atoms with Crippen LogP contribution in [0.15, 0.2) is 48.5 Å². The normalized spacial score (nSPS) is 10.0. The molecule has 5 heteroatoms. The molecule has 2 aromatic rings. The fourth-order valence-electron chi connectivity index (χ4n) is 1.79. The Bertz CT molecular complexity index is 667. The summed E-state index contributed by atoms with van der Waals surface area (Å²) in [5.41, 5.74) is 0.103. The van der Waals surface area contributed by atoms with Crippen LogP contribution in [0.2, 0.25) is 0 Å². The van der Waals surface area contributed by atoms with Crippen molar-refractivity contribution in [2.45, 2.75) is 0 Å². The Morgan fingerprint density at radius 2 is 1.62 bits per heavy atom. The highest BCUT2D eigenvalue weighted by molar-refractivity contribution is 6.01. The molecular formula is C16H13FO4. The van der Waals surface area contributed by atoms with E-state index >= 15 is 0 Å². The van der Waals surface area contributed by atoms with E-state index < -0.39 is 24.2 Å². The van der Waals surface area contributed by atoms with E-state index in [-0.39, 0.29) is 5.56 Å². The fraction of sp³-hybridized carbons (Fsp3) is 0.125. The summed E-state index contributed by atoms with van der Waals surface area (Å²) in [6.45, 7) is -0.479. The molecule has 0 amide bonds. The predicted molar refractivity (Wildman–Crippen MR) is 74.0 cm³/mol. The lowest BCUT2D eigenvalue weighted by molar-refractivity contribution is 0.0469. The Balaban J connectivity index is 2.05. The average Bonchev–Trinajstić information content (AvgIpc) is 2.52. The predicted octanol–water partition coefficient (Wildman–Crippen LogP) is 2.87. The number of benzene rings is 2. The number of para-hydroxylation sites is 1. The third-order valence-corrected chi connectivity index (χ3v) is 2.84. The van der Waals surface area contributed by atoms with Crippen LogP contribution in [0.1, 0.15) is 20.7 Å². The maximum Gasteiger partial charge on any atom is 0.341 e. The van der Waals surface area contributed by atoms with E-state index in [1.807, 2.05) is 0 Å². The van der Waals surface area contributed by atoms with Crippen molar-refractivity contribution in [3.05, 3.63) is 65.5 Å². The van der Waals surface area contributed by atoms with Crippen LogP contribution in [-0.2, 0) is 4.74 Å². The molecule has 21 heavy (non-hydrogen) atoms. The van der Waals surface area contributed by atoms with Crippen LogP contribution < -0.4 is 4.74 Å². The van der Waals surface area contributed by atoms with E-state index in [1.165, 1.54) is 25.3 Å². The number of hydrogen-bond acceptors (Lipinski definition) is 4. The van der Waals surface area contributed by atoms with Crippen molar-refractivity contribution in [1.82, 2.24) is 0 Å². The summed E-state index contributed by atoms with van der Waals surface area (Å²) in [6, 6.07) is 12.0. The van der Waals surface area contributed by atoms with Gasteiger partial charge < -0.3 is 9.47 Å². The van der Waals surface area contributed by atoms with Crippen LogP contribution in [0.5, 0.6) is 5.75 Å². The van der Waals surface area contributed by atoms with Gasteiger partial charge in [-0.1, -0.05) is 24.3 Å². The van der Waals surface area contributed by atoms with Gasteiger partial charge in [0, 0.05) is 0 Å². The lowest BCUT2D eigenvalue weighted by Crippen LogP contribution is -2.15. The molecular weight excluding hydrogens is 275 g/mol. The van der Waals surface area contributed by atoms with Crippen LogP contribution in [0.3, 0.4) is 0 Å². The van der Waals surface area contributed by atoms with Gasteiger partial charge in [0.15, 0.2) is 6.61 Å². The van der Waals surface area contributed by atoms with E-state index in [2.05, 4.69) is 0 Å². The summed E-state index contributed by atoms with van der Waals surface area (Å²) in [7, 11) is 1.44. The average molecular weight is 288 g/mol. The fourth-order valence-corrected chi connectivity index (χ4v) is 1.79. The Labute approximate surface area is 121 Å². The van der Waals surface area contributed by atoms with Gasteiger partial charge in [-0.05, 0) is 24.3 Å². The first-order chi connectivity index (χ1) is 10.1. The van der Waals surface area contributed by atoms with Crippen molar-refractivity contribution in [2.24, 2.45) is 0 Å². The van der Waals surface area contributed by atoms with Crippen LogP contribution in [0, 0.1) is 5.82 Å². The Kier molecular flexibility index (Phi) is 4.66. The minimum Gasteiger partial charge on any atom is -0.496 e. The highest BCUT2D eigenvalue weighted by atomic mass is 19.1. The van der Waals surface area contributed by atoms with Crippen molar-refractivity contribution in [1.29, 1.82) is 0 Å². The summed E-state index contributed by atoms with van der Waals surface area (Å²) in [5, 5.41) is 0. The molecule has 2 rings (SSSR count). The highest BCUT2D eigenvalue weighted by Gasteiger charge is 2.16. The molecule has 0 aliphatic carbocycles. The second-order valence-electron chi connectivity index (χ2n) is 4.18. The first-order valence-corrected chi connectivity index (χ1v) is 6.21. The van der Waals surface area contributed by atoms with Crippen molar-refractivity contribution in [3.63, 3.8) is 0 Å². The summed E-state index contributed by atoms with van der Waals surface area (Å²) < 4.78 is 23.3. The van der Waals surface area contributed by atoms with Gasteiger partial charge in [0.1, 0.15) is 11.6 Å². The second-order valence-corrected chi connectivity index (χ2v) is 4.18. The quantitative estimate of drug-likeness (QED) is 0.627. The Hall–Kier alpha value is -2.69. The number of carbonyl (C=O) groups excluding carboxylic acids is 2. The first kappa shape index (κ1) is 14.7. The van der Waals surface area contributed by atoms with Gasteiger partial charge in [0.25, 0.3) is 0 Å². The number of esters is 1. The Morgan fingerprint density at radius 3 is 2.29 bits per heavy atom. The number of halogens is 1. The minimum absolute atomic E-state index is 0.203. The standard InChI is InChI=1S/C16H13FO4/c1-20-15-9-5-3-7-12(15)14(18)10-21-16(19)11-6-2-4-8-13(11)17/h2-9H,10H2,1H3. The molecule has 0 spiro atoms. The molecule has 0 radical (unpaired) electrons. The molecule has 0 unspecified atom stereocenters.